The van der Waals surface area contributed by atoms with E-state index in [4.69, 9.17) is 4.98 Å². The highest BCUT2D eigenvalue weighted by atomic mass is 32.1. The van der Waals surface area contributed by atoms with Crippen molar-refractivity contribution in [1.29, 1.82) is 0 Å². The number of nitrogens with zero attached hydrogens (tertiary/aromatic N) is 2. The van der Waals surface area contributed by atoms with E-state index in [0.29, 0.717) is 0 Å². The summed E-state index contributed by atoms with van der Waals surface area (Å²) in [5.41, 5.74) is 4.18. The van der Waals surface area contributed by atoms with Crippen LogP contribution in [-0.2, 0) is 0 Å². The minimum atomic E-state index is 0.900. The van der Waals surface area contributed by atoms with Crippen LogP contribution in [0.4, 0.5) is 0 Å². The number of aromatic amines is 1. The molecular weight excluding hydrogens is 266 g/mol. The molecular formula is C16H11N3S. The first-order valence-electron chi connectivity index (χ1n) is 6.35. The molecule has 0 aliphatic rings. The lowest BCUT2D eigenvalue weighted by atomic mass is 10.1. The molecule has 0 amide bonds. The summed E-state index contributed by atoms with van der Waals surface area (Å²) in [6.45, 7) is 0. The van der Waals surface area contributed by atoms with Crippen molar-refractivity contribution < 1.29 is 0 Å². The topological polar surface area (TPSA) is 41.6 Å². The van der Waals surface area contributed by atoms with E-state index in [1.165, 1.54) is 0 Å². The van der Waals surface area contributed by atoms with E-state index in [1.54, 1.807) is 11.3 Å². The van der Waals surface area contributed by atoms with Crippen LogP contribution in [0.25, 0.3) is 32.9 Å². The molecule has 4 aromatic rings. The molecule has 3 aromatic heterocycles. The van der Waals surface area contributed by atoms with Crippen LogP contribution in [0.3, 0.4) is 0 Å². The normalized spacial score (nSPS) is 11.0. The third-order valence-corrected chi connectivity index (χ3v) is 4.15. The maximum absolute atomic E-state index is 4.76. The Labute approximate surface area is 120 Å². The van der Waals surface area contributed by atoms with Gasteiger partial charge in [-0.1, -0.05) is 30.3 Å². The second-order valence-electron chi connectivity index (χ2n) is 4.50. The fourth-order valence-electron chi connectivity index (χ4n) is 2.30. The molecule has 4 heteroatoms. The van der Waals surface area contributed by atoms with Crippen molar-refractivity contribution in [3.63, 3.8) is 0 Å². The quantitative estimate of drug-likeness (QED) is 0.591. The van der Waals surface area contributed by atoms with Crippen LogP contribution in [0.1, 0.15) is 0 Å². The molecule has 1 N–H and O–H groups in total. The monoisotopic (exact) mass is 277 g/mol. The van der Waals surface area contributed by atoms with Crippen molar-refractivity contribution in [3.05, 3.63) is 60.2 Å². The molecule has 0 saturated carbocycles. The summed E-state index contributed by atoms with van der Waals surface area (Å²) in [6, 6.07) is 14.3. The Morgan fingerprint density at radius 3 is 2.80 bits per heavy atom. The second-order valence-corrected chi connectivity index (χ2v) is 5.36. The van der Waals surface area contributed by atoms with Crippen LogP contribution in [0.2, 0.25) is 0 Å². The summed E-state index contributed by atoms with van der Waals surface area (Å²) < 4.78 is 0. The highest BCUT2D eigenvalue weighted by Gasteiger charge is 2.10. The van der Waals surface area contributed by atoms with Gasteiger partial charge in [0.15, 0.2) is 0 Å². The summed E-state index contributed by atoms with van der Waals surface area (Å²) >= 11 is 1.67. The van der Waals surface area contributed by atoms with E-state index in [2.05, 4.69) is 27.5 Å². The summed E-state index contributed by atoms with van der Waals surface area (Å²) in [4.78, 5) is 12.2. The van der Waals surface area contributed by atoms with Crippen LogP contribution in [-0.4, -0.2) is 15.0 Å². The third kappa shape index (κ3) is 1.82. The van der Waals surface area contributed by atoms with E-state index in [0.717, 1.165) is 32.9 Å². The van der Waals surface area contributed by atoms with E-state index >= 15 is 0 Å². The smallest absolute Gasteiger partial charge is 0.137 e. The van der Waals surface area contributed by atoms with E-state index in [9.17, 15) is 0 Å². The number of aromatic nitrogens is 3. The molecule has 0 unspecified atom stereocenters. The fraction of sp³-hybridized carbons (Fsp3) is 0. The van der Waals surface area contributed by atoms with Crippen molar-refractivity contribution in [1.82, 2.24) is 15.0 Å². The molecule has 3 heterocycles. The van der Waals surface area contributed by atoms with Gasteiger partial charge in [0.2, 0.25) is 0 Å². The molecule has 0 fully saturated rings. The first-order chi connectivity index (χ1) is 9.92. The lowest BCUT2D eigenvalue weighted by molar-refractivity contribution is 1.32. The largest absolute Gasteiger partial charge is 0.346 e. The van der Waals surface area contributed by atoms with Crippen LogP contribution in [0.5, 0.6) is 0 Å². The molecule has 4 rings (SSSR count). The first-order valence-corrected chi connectivity index (χ1v) is 7.23. The van der Waals surface area contributed by atoms with E-state index in [1.807, 2.05) is 42.7 Å². The molecule has 1 aromatic carbocycles. The number of hydrogen-bond donors (Lipinski definition) is 1. The van der Waals surface area contributed by atoms with Crippen LogP contribution >= 0.6 is 11.3 Å². The standard InChI is InChI=1S/C16H11N3S/c1-2-4-11(5-3-1)16-19-14(10-20-16)12-6-8-17-15-13(12)7-9-18-15/h1-10H,(H,17,18). The number of fused-ring (bicyclic) bond motifs is 1. The van der Waals surface area contributed by atoms with Crippen LogP contribution in [0.15, 0.2) is 60.2 Å². The van der Waals surface area contributed by atoms with Crippen molar-refractivity contribution in [2.45, 2.75) is 0 Å². The summed E-state index contributed by atoms with van der Waals surface area (Å²) in [5, 5.41) is 4.25. The molecule has 0 radical (unpaired) electrons. The summed E-state index contributed by atoms with van der Waals surface area (Å²) in [5.74, 6) is 0. The average Bonchev–Trinajstić information content (AvgIpc) is 3.17. The Morgan fingerprint density at radius 1 is 1.00 bits per heavy atom. The molecule has 20 heavy (non-hydrogen) atoms. The first kappa shape index (κ1) is 11.4. The lowest BCUT2D eigenvalue weighted by Crippen LogP contribution is -1.82. The van der Waals surface area contributed by atoms with Crippen molar-refractivity contribution in [2.24, 2.45) is 0 Å². The van der Waals surface area contributed by atoms with Gasteiger partial charge in [-0.25, -0.2) is 9.97 Å². The second kappa shape index (κ2) is 4.58. The summed E-state index contributed by atoms with van der Waals surface area (Å²) in [6.07, 6.45) is 3.72. The van der Waals surface area contributed by atoms with Crippen LogP contribution in [0, 0.1) is 0 Å². The highest BCUT2D eigenvalue weighted by molar-refractivity contribution is 7.13. The van der Waals surface area contributed by atoms with Gasteiger partial charge in [-0.05, 0) is 12.1 Å². The minimum absolute atomic E-state index is 0.900. The van der Waals surface area contributed by atoms with Gasteiger partial charge in [-0.2, -0.15) is 0 Å². The molecule has 0 aliphatic heterocycles. The molecule has 0 bridgehead atoms. The number of thiazole rings is 1. The van der Waals surface area contributed by atoms with Gasteiger partial charge in [0.05, 0.1) is 5.69 Å². The summed E-state index contributed by atoms with van der Waals surface area (Å²) in [7, 11) is 0. The molecule has 0 atom stereocenters. The molecule has 0 aliphatic carbocycles. The Kier molecular flexibility index (Phi) is 2.60. The molecule has 0 saturated heterocycles. The SMILES string of the molecule is c1ccc(-c2nc(-c3ccnc4[nH]ccc34)cs2)cc1. The number of H-pyrrole nitrogens is 1. The highest BCUT2D eigenvalue weighted by Crippen LogP contribution is 2.31. The molecule has 3 nitrogen and oxygen atoms in total. The maximum atomic E-state index is 4.76. The van der Waals surface area contributed by atoms with Gasteiger partial charge in [0.25, 0.3) is 0 Å². The zero-order valence-electron chi connectivity index (χ0n) is 10.6. The maximum Gasteiger partial charge on any atom is 0.137 e. The third-order valence-electron chi connectivity index (χ3n) is 3.26. The number of pyridine rings is 1. The Morgan fingerprint density at radius 2 is 1.90 bits per heavy atom. The molecule has 96 valence electrons. The lowest BCUT2D eigenvalue weighted by Gasteiger charge is -1.98. The van der Waals surface area contributed by atoms with Crippen LogP contribution < -0.4 is 0 Å². The number of nitrogens with one attached hydrogen (secondary N) is 1. The molecule has 0 spiro atoms. The Hall–Kier alpha value is -2.46. The predicted molar refractivity (Wildman–Crippen MR) is 82.6 cm³/mol. The Balaban J connectivity index is 1.84. The zero-order chi connectivity index (χ0) is 13.4. The average molecular weight is 277 g/mol. The van der Waals surface area contributed by atoms with Crippen molar-refractivity contribution in [3.8, 4) is 21.8 Å². The number of rotatable bonds is 2. The van der Waals surface area contributed by atoms with Gasteiger partial charge in [-0.15, -0.1) is 11.3 Å². The van der Waals surface area contributed by atoms with Gasteiger partial charge < -0.3 is 4.98 Å². The fourth-order valence-corrected chi connectivity index (χ4v) is 3.12. The van der Waals surface area contributed by atoms with E-state index in [-0.39, 0.29) is 0 Å². The zero-order valence-corrected chi connectivity index (χ0v) is 11.4. The van der Waals surface area contributed by atoms with Crippen molar-refractivity contribution in [2.75, 3.05) is 0 Å². The predicted octanol–water partition coefficient (Wildman–Crippen LogP) is 4.35. The van der Waals surface area contributed by atoms with Gasteiger partial charge in [0, 0.05) is 34.3 Å². The Bertz CT molecular complexity index is 861. The van der Waals surface area contributed by atoms with Gasteiger partial charge in [-0.3, -0.25) is 0 Å². The van der Waals surface area contributed by atoms with Gasteiger partial charge in [0.1, 0.15) is 10.7 Å². The number of benzene rings is 1. The van der Waals surface area contributed by atoms with Gasteiger partial charge >= 0.3 is 0 Å². The van der Waals surface area contributed by atoms with E-state index < -0.39 is 0 Å². The minimum Gasteiger partial charge on any atom is -0.346 e. The van der Waals surface area contributed by atoms with Crippen molar-refractivity contribution >= 4 is 22.4 Å². The number of hydrogen-bond acceptors (Lipinski definition) is 3.